The van der Waals surface area contributed by atoms with Crippen LogP contribution in [0.15, 0.2) is 41.0 Å². The van der Waals surface area contributed by atoms with E-state index in [4.69, 9.17) is 9.68 Å². The minimum Gasteiger partial charge on any atom is -0.467 e. The summed E-state index contributed by atoms with van der Waals surface area (Å²) in [4.78, 5) is 0. The molecule has 0 saturated carbocycles. The van der Waals surface area contributed by atoms with Crippen molar-refractivity contribution in [2.75, 3.05) is 5.32 Å². The first-order chi connectivity index (χ1) is 9.03. The fourth-order valence-electron chi connectivity index (χ4n) is 1.84. The molecule has 0 unspecified atom stereocenters. The Morgan fingerprint density at radius 1 is 1.21 bits per heavy atom. The quantitative estimate of drug-likeness (QED) is 0.897. The van der Waals surface area contributed by atoms with Crippen LogP contribution in [-0.2, 0) is 12.0 Å². The normalized spacial score (nSPS) is 11.1. The minimum atomic E-state index is -0.448. The van der Waals surface area contributed by atoms with E-state index >= 15 is 0 Å². The van der Waals surface area contributed by atoms with Crippen LogP contribution in [0.5, 0.6) is 0 Å². The SMILES string of the molecule is Cc1ccoc1CNc1ccc(C(C)(C)C#N)cc1. The van der Waals surface area contributed by atoms with Crippen molar-refractivity contribution in [1.29, 1.82) is 5.26 Å². The largest absolute Gasteiger partial charge is 0.467 e. The maximum Gasteiger partial charge on any atom is 0.125 e. The molecule has 0 aliphatic carbocycles. The van der Waals surface area contributed by atoms with E-state index in [9.17, 15) is 0 Å². The summed E-state index contributed by atoms with van der Waals surface area (Å²) in [6.07, 6.45) is 1.70. The summed E-state index contributed by atoms with van der Waals surface area (Å²) in [5, 5.41) is 12.4. The van der Waals surface area contributed by atoms with Crippen molar-refractivity contribution in [3.05, 3.63) is 53.5 Å². The number of rotatable bonds is 4. The second-order valence-corrected chi connectivity index (χ2v) is 5.19. The van der Waals surface area contributed by atoms with Crippen LogP contribution in [0.1, 0.15) is 30.7 Å². The summed E-state index contributed by atoms with van der Waals surface area (Å²) in [5.74, 6) is 0.946. The summed E-state index contributed by atoms with van der Waals surface area (Å²) < 4.78 is 5.38. The molecule has 1 aromatic carbocycles. The topological polar surface area (TPSA) is 49.0 Å². The first-order valence-corrected chi connectivity index (χ1v) is 6.31. The highest BCUT2D eigenvalue weighted by atomic mass is 16.3. The molecule has 1 aromatic heterocycles. The lowest BCUT2D eigenvalue weighted by Crippen LogP contribution is -2.13. The highest BCUT2D eigenvalue weighted by Gasteiger charge is 2.18. The molecule has 19 heavy (non-hydrogen) atoms. The van der Waals surface area contributed by atoms with E-state index in [2.05, 4.69) is 11.4 Å². The number of aryl methyl sites for hydroxylation is 1. The number of nitriles is 1. The van der Waals surface area contributed by atoms with Gasteiger partial charge in [-0.3, -0.25) is 0 Å². The zero-order chi connectivity index (χ0) is 13.9. The van der Waals surface area contributed by atoms with Crippen molar-refractivity contribution >= 4 is 5.69 Å². The van der Waals surface area contributed by atoms with Gasteiger partial charge in [0.05, 0.1) is 24.3 Å². The van der Waals surface area contributed by atoms with Gasteiger partial charge >= 0.3 is 0 Å². The molecule has 0 bridgehead atoms. The Labute approximate surface area is 113 Å². The number of furan rings is 1. The molecule has 98 valence electrons. The van der Waals surface area contributed by atoms with Gasteiger partial charge < -0.3 is 9.73 Å². The average Bonchev–Trinajstić information content (AvgIpc) is 2.82. The van der Waals surface area contributed by atoms with Crippen LogP contribution in [0.3, 0.4) is 0 Å². The molecule has 0 fully saturated rings. The molecule has 0 radical (unpaired) electrons. The molecule has 1 heterocycles. The van der Waals surface area contributed by atoms with Gasteiger partial charge in [-0.25, -0.2) is 0 Å². The van der Waals surface area contributed by atoms with Crippen LogP contribution < -0.4 is 5.32 Å². The number of hydrogen-bond donors (Lipinski definition) is 1. The van der Waals surface area contributed by atoms with E-state index in [0.717, 1.165) is 22.6 Å². The molecule has 2 aromatic rings. The van der Waals surface area contributed by atoms with Crippen LogP contribution in [0.25, 0.3) is 0 Å². The number of nitrogens with zero attached hydrogens (tertiary/aromatic N) is 1. The summed E-state index contributed by atoms with van der Waals surface area (Å²) in [5.41, 5.74) is 2.74. The predicted molar refractivity (Wildman–Crippen MR) is 75.9 cm³/mol. The third-order valence-corrected chi connectivity index (χ3v) is 3.31. The summed E-state index contributed by atoms with van der Waals surface area (Å²) >= 11 is 0. The van der Waals surface area contributed by atoms with Gasteiger partial charge in [-0.1, -0.05) is 12.1 Å². The smallest absolute Gasteiger partial charge is 0.125 e. The zero-order valence-corrected chi connectivity index (χ0v) is 11.5. The van der Waals surface area contributed by atoms with Gasteiger partial charge in [0.25, 0.3) is 0 Å². The molecule has 0 aliphatic heterocycles. The Morgan fingerprint density at radius 3 is 2.42 bits per heavy atom. The van der Waals surface area contributed by atoms with Crippen molar-refractivity contribution in [2.24, 2.45) is 0 Å². The molecule has 0 atom stereocenters. The molecule has 0 saturated heterocycles. The highest BCUT2D eigenvalue weighted by molar-refractivity contribution is 5.47. The van der Waals surface area contributed by atoms with E-state index < -0.39 is 5.41 Å². The number of benzene rings is 1. The molecule has 0 spiro atoms. The summed E-state index contributed by atoms with van der Waals surface area (Å²) in [6, 6.07) is 12.2. The standard InChI is InChI=1S/C16H18N2O/c1-12-8-9-19-15(12)10-18-14-6-4-13(5-7-14)16(2,3)11-17/h4-9,18H,10H2,1-3H3. The van der Waals surface area contributed by atoms with E-state index in [1.54, 1.807) is 6.26 Å². The van der Waals surface area contributed by atoms with Crippen molar-refractivity contribution in [3.63, 3.8) is 0 Å². The first kappa shape index (κ1) is 13.2. The molecule has 0 amide bonds. The van der Waals surface area contributed by atoms with Crippen LogP contribution in [0.4, 0.5) is 5.69 Å². The Balaban J connectivity index is 2.04. The van der Waals surface area contributed by atoms with Gasteiger partial charge in [-0.05, 0) is 50.1 Å². The Morgan fingerprint density at radius 2 is 1.89 bits per heavy atom. The Hall–Kier alpha value is -2.21. The van der Waals surface area contributed by atoms with E-state index in [1.165, 1.54) is 0 Å². The third kappa shape index (κ3) is 2.97. The van der Waals surface area contributed by atoms with Gasteiger partial charge in [0.2, 0.25) is 0 Å². The van der Waals surface area contributed by atoms with Gasteiger partial charge in [-0.15, -0.1) is 0 Å². The lowest BCUT2D eigenvalue weighted by molar-refractivity contribution is 0.515. The second-order valence-electron chi connectivity index (χ2n) is 5.19. The molecule has 1 N–H and O–H groups in total. The molecular weight excluding hydrogens is 236 g/mol. The number of nitrogens with one attached hydrogen (secondary N) is 1. The lowest BCUT2D eigenvalue weighted by atomic mass is 9.86. The van der Waals surface area contributed by atoms with E-state index in [0.29, 0.717) is 6.54 Å². The maximum atomic E-state index is 9.10. The summed E-state index contributed by atoms with van der Waals surface area (Å²) in [6.45, 7) is 6.53. The molecular formula is C16H18N2O. The summed E-state index contributed by atoms with van der Waals surface area (Å²) in [7, 11) is 0. The average molecular weight is 254 g/mol. The monoisotopic (exact) mass is 254 g/mol. The highest BCUT2D eigenvalue weighted by Crippen LogP contribution is 2.23. The minimum absolute atomic E-state index is 0.448. The Kier molecular flexibility index (Phi) is 3.62. The van der Waals surface area contributed by atoms with Gasteiger partial charge in [0, 0.05) is 5.69 Å². The van der Waals surface area contributed by atoms with Gasteiger partial charge in [0.1, 0.15) is 5.76 Å². The Bertz CT molecular complexity index is 588. The van der Waals surface area contributed by atoms with Crippen LogP contribution >= 0.6 is 0 Å². The molecule has 2 rings (SSSR count). The first-order valence-electron chi connectivity index (χ1n) is 6.31. The predicted octanol–water partition coefficient (Wildman–Crippen LogP) is 4.00. The van der Waals surface area contributed by atoms with Gasteiger partial charge in [0.15, 0.2) is 0 Å². The maximum absolute atomic E-state index is 9.10. The number of hydrogen-bond acceptors (Lipinski definition) is 3. The van der Waals surface area contributed by atoms with Gasteiger partial charge in [-0.2, -0.15) is 5.26 Å². The van der Waals surface area contributed by atoms with Crippen LogP contribution in [-0.4, -0.2) is 0 Å². The van der Waals surface area contributed by atoms with Crippen LogP contribution in [0.2, 0.25) is 0 Å². The van der Waals surface area contributed by atoms with E-state index in [-0.39, 0.29) is 0 Å². The molecule has 3 heteroatoms. The lowest BCUT2D eigenvalue weighted by Gasteiger charge is -2.16. The molecule has 3 nitrogen and oxygen atoms in total. The second kappa shape index (κ2) is 5.19. The van der Waals surface area contributed by atoms with Crippen LogP contribution in [0, 0.1) is 18.3 Å². The van der Waals surface area contributed by atoms with Crippen molar-refractivity contribution in [1.82, 2.24) is 0 Å². The molecule has 0 aliphatic rings. The number of anilines is 1. The zero-order valence-electron chi connectivity index (χ0n) is 11.5. The fourth-order valence-corrected chi connectivity index (χ4v) is 1.84. The third-order valence-electron chi connectivity index (χ3n) is 3.31. The fraction of sp³-hybridized carbons (Fsp3) is 0.312. The van der Waals surface area contributed by atoms with Crippen molar-refractivity contribution in [3.8, 4) is 6.07 Å². The van der Waals surface area contributed by atoms with E-state index in [1.807, 2.05) is 51.1 Å². The van der Waals surface area contributed by atoms with Crippen molar-refractivity contribution in [2.45, 2.75) is 32.7 Å². The van der Waals surface area contributed by atoms with Crippen molar-refractivity contribution < 1.29 is 4.42 Å².